The highest BCUT2D eigenvalue weighted by atomic mass is 16.6. The van der Waals surface area contributed by atoms with Gasteiger partial charge in [0.1, 0.15) is 13.2 Å². The van der Waals surface area contributed by atoms with Crippen molar-refractivity contribution in [2.75, 3.05) is 13.2 Å². The van der Waals surface area contributed by atoms with Gasteiger partial charge in [0.2, 0.25) is 0 Å². The Morgan fingerprint density at radius 3 is 0.913 bits per heavy atom. The van der Waals surface area contributed by atoms with Gasteiger partial charge in [0, 0.05) is 19.3 Å². The molecule has 0 aromatic heterocycles. The average Bonchev–Trinajstić information content (AvgIpc) is 3.35. The first kappa shape index (κ1) is 64.5. The predicted molar refractivity (Wildman–Crippen MR) is 297 cm³/mol. The molecular weight excluding hydrogens is 853 g/mol. The third-order valence-electron chi connectivity index (χ3n) is 11.2. The lowest BCUT2D eigenvalue weighted by Gasteiger charge is -2.18. The van der Waals surface area contributed by atoms with Crippen molar-refractivity contribution in [2.45, 2.75) is 232 Å². The van der Waals surface area contributed by atoms with E-state index in [9.17, 15) is 14.4 Å². The van der Waals surface area contributed by atoms with E-state index in [-0.39, 0.29) is 31.1 Å². The Bertz CT molecular complexity index is 1510. The van der Waals surface area contributed by atoms with Gasteiger partial charge in [-0.25, -0.2) is 0 Å². The average molecular weight is 953 g/mol. The number of esters is 3. The number of unbranched alkanes of at least 4 members (excludes halogenated alkanes) is 15. The van der Waals surface area contributed by atoms with Gasteiger partial charge in [0.25, 0.3) is 0 Å². The number of ether oxygens (including phenoxy) is 3. The molecule has 0 aromatic carbocycles. The van der Waals surface area contributed by atoms with Crippen LogP contribution in [0.2, 0.25) is 0 Å². The number of hydrogen-bond donors (Lipinski definition) is 0. The van der Waals surface area contributed by atoms with Gasteiger partial charge in [-0.15, -0.1) is 0 Å². The molecule has 6 heteroatoms. The molecule has 0 amide bonds. The molecule has 0 saturated heterocycles. The molecule has 0 aliphatic carbocycles. The molecule has 0 heterocycles. The first-order chi connectivity index (χ1) is 34.0. The summed E-state index contributed by atoms with van der Waals surface area (Å²) in [5.41, 5.74) is 0. The van der Waals surface area contributed by atoms with Crippen LogP contribution in [0.15, 0.2) is 134 Å². The van der Waals surface area contributed by atoms with Crippen molar-refractivity contribution in [1.82, 2.24) is 0 Å². The summed E-state index contributed by atoms with van der Waals surface area (Å²) in [7, 11) is 0. The maximum absolute atomic E-state index is 12.8. The molecule has 0 radical (unpaired) electrons. The molecule has 1 atom stereocenters. The number of rotatable bonds is 48. The second-order valence-corrected chi connectivity index (χ2v) is 17.7. The smallest absolute Gasteiger partial charge is 0.306 e. The molecule has 0 saturated carbocycles. The Hall–Kier alpha value is -4.45. The van der Waals surface area contributed by atoms with Crippen LogP contribution in [0.4, 0.5) is 0 Å². The first-order valence-corrected chi connectivity index (χ1v) is 27.7. The van der Waals surface area contributed by atoms with Gasteiger partial charge < -0.3 is 14.2 Å². The lowest BCUT2D eigenvalue weighted by atomic mass is 10.1. The first-order valence-electron chi connectivity index (χ1n) is 27.7. The molecular formula is C63H100O6. The fourth-order valence-electron chi connectivity index (χ4n) is 7.06. The van der Waals surface area contributed by atoms with Crippen molar-refractivity contribution in [3.05, 3.63) is 134 Å². The Balaban J connectivity index is 4.45. The van der Waals surface area contributed by atoms with Gasteiger partial charge in [-0.2, -0.15) is 0 Å². The summed E-state index contributed by atoms with van der Waals surface area (Å²) in [6.07, 6.45) is 78.7. The maximum Gasteiger partial charge on any atom is 0.306 e. The molecule has 0 aliphatic rings. The summed E-state index contributed by atoms with van der Waals surface area (Å²) in [6.45, 7) is 6.32. The van der Waals surface area contributed by atoms with Gasteiger partial charge in [0.05, 0.1) is 0 Å². The zero-order chi connectivity index (χ0) is 50.0. The van der Waals surface area contributed by atoms with Crippen LogP contribution in [-0.2, 0) is 28.6 Å². The molecule has 1 unspecified atom stereocenters. The Kier molecular flexibility index (Phi) is 52.5. The maximum atomic E-state index is 12.8. The van der Waals surface area contributed by atoms with Crippen LogP contribution < -0.4 is 0 Å². The summed E-state index contributed by atoms with van der Waals surface area (Å²) >= 11 is 0. The standard InChI is InChI=1S/C63H100O6/c1-4-7-10-13-16-19-21-23-25-27-29-31-33-35-37-39-41-44-47-50-53-56-62(65)68-59-60(58-67-61(64)55-52-49-46-43-18-15-12-9-6-3)69-63(66)57-54-51-48-45-42-40-38-36-34-32-30-28-26-24-22-20-17-14-11-8-5-2/h7-8,10-11,16-17,19-20,23-26,29-32,35-38,41,44,60H,4-6,9,12-15,18,21-22,27-28,33-34,39-40,42-43,45-59H2,1-3H3/b10-7-,11-8-,19-16-,20-17-,25-23-,26-24-,31-29-,32-30-,37-35-,38-36-,44-41-. The summed E-state index contributed by atoms with van der Waals surface area (Å²) in [5, 5.41) is 0. The minimum atomic E-state index is -0.809. The molecule has 0 spiro atoms. The van der Waals surface area contributed by atoms with Crippen LogP contribution in [-0.4, -0.2) is 37.2 Å². The van der Waals surface area contributed by atoms with Crippen LogP contribution in [0.5, 0.6) is 0 Å². The van der Waals surface area contributed by atoms with E-state index in [2.05, 4.69) is 154 Å². The van der Waals surface area contributed by atoms with Crippen LogP contribution in [0.3, 0.4) is 0 Å². The molecule has 0 aliphatic heterocycles. The summed E-state index contributed by atoms with van der Waals surface area (Å²) in [6, 6.07) is 0. The molecule has 0 aromatic rings. The SMILES string of the molecule is CC/C=C\C/C=C\C/C=C\C/C=C\C/C=C\C/C=C\CCCCC(=O)OCC(COC(=O)CCCCCCCCCCC)OC(=O)CCCCCCC/C=C\C/C=C\C/C=C\C/C=C\C/C=C\CC. The molecule has 0 fully saturated rings. The Morgan fingerprint density at radius 1 is 0.304 bits per heavy atom. The highest BCUT2D eigenvalue weighted by Gasteiger charge is 2.19. The number of allylic oxidation sites excluding steroid dienone is 22. The Labute approximate surface area is 424 Å². The van der Waals surface area contributed by atoms with Crippen LogP contribution in [0.25, 0.3) is 0 Å². The van der Waals surface area contributed by atoms with Crippen molar-refractivity contribution >= 4 is 17.9 Å². The van der Waals surface area contributed by atoms with Gasteiger partial charge in [0.15, 0.2) is 6.10 Å². The minimum absolute atomic E-state index is 0.103. The summed E-state index contributed by atoms with van der Waals surface area (Å²) < 4.78 is 16.8. The van der Waals surface area contributed by atoms with E-state index >= 15 is 0 Å². The monoisotopic (exact) mass is 953 g/mol. The third-order valence-corrected chi connectivity index (χ3v) is 11.2. The molecule has 0 N–H and O–H groups in total. The third kappa shape index (κ3) is 54.4. The van der Waals surface area contributed by atoms with Crippen molar-refractivity contribution in [1.29, 1.82) is 0 Å². The van der Waals surface area contributed by atoms with Crippen LogP contribution in [0.1, 0.15) is 226 Å². The second-order valence-electron chi connectivity index (χ2n) is 17.7. The highest BCUT2D eigenvalue weighted by Crippen LogP contribution is 2.13. The normalized spacial score (nSPS) is 13.1. The van der Waals surface area contributed by atoms with Gasteiger partial charge in [-0.05, 0) is 116 Å². The fourth-order valence-corrected chi connectivity index (χ4v) is 7.06. The second kappa shape index (κ2) is 56.1. The van der Waals surface area contributed by atoms with Gasteiger partial charge in [-0.3, -0.25) is 14.4 Å². The largest absolute Gasteiger partial charge is 0.462 e. The molecule has 0 rings (SSSR count). The van der Waals surface area contributed by atoms with Crippen molar-refractivity contribution in [3.8, 4) is 0 Å². The molecule has 69 heavy (non-hydrogen) atoms. The van der Waals surface area contributed by atoms with Crippen LogP contribution >= 0.6 is 0 Å². The lowest BCUT2D eigenvalue weighted by molar-refractivity contribution is -0.167. The van der Waals surface area contributed by atoms with Crippen LogP contribution in [0, 0.1) is 0 Å². The van der Waals surface area contributed by atoms with Crippen molar-refractivity contribution in [3.63, 3.8) is 0 Å². The predicted octanol–water partition coefficient (Wildman–Crippen LogP) is 18.6. The quantitative estimate of drug-likeness (QED) is 0.0262. The van der Waals surface area contributed by atoms with E-state index in [1.807, 2.05) is 0 Å². The van der Waals surface area contributed by atoms with Crippen molar-refractivity contribution < 1.29 is 28.6 Å². The van der Waals surface area contributed by atoms with Gasteiger partial charge in [-0.1, -0.05) is 225 Å². The van der Waals surface area contributed by atoms with E-state index in [1.54, 1.807) is 0 Å². The van der Waals surface area contributed by atoms with Gasteiger partial charge >= 0.3 is 17.9 Å². The number of carbonyl (C=O) groups excluding carboxylic acids is 3. The highest BCUT2D eigenvalue weighted by molar-refractivity contribution is 5.71. The Morgan fingerprint density at radius 2 is 0.565 bits per heavy atom. The number of hydrogen-bond acceptors (Lipinski definition) is 6. The van der Waals surface area contributed by atoms with E-state index in [0.717, 1.165) is 141 Å². The molecule has 0 bridgehead atoms. The summed E-state index contributed by atoms with van der Waals surface area (Å²) in [5.74, 6) is -0.977. The van der Waals surface area contributed by atoms with E-state index in [1.165, 1.54) is 38.5 Å². The molecule has 6 nitrogen and oxygen atoms in total. The molecule has 388 valence electrons. The lowest BCUT2D eigenvalue weighted by Crippen LogP contribution is -2.30. The minimum Gasteiger partial charge on any atom is -0.462 e. The van der Waals surface area contributed by atoms with E-state index in [0.29, 0.717) is 25.7 Å². The summed E-state index contributed by atoms with van der Waals surface area (Å²) in [4.78, 5) is 38.0. The number of carbonyl (C=O) groups is 3. The van der Waals surface area contributed by atoms with E-state index in [4.69, 9.17) is 14.2 Å². The fraction of sp³-hybridized carbons (Fsp3) is 0.603. The van der Waals surface area contributed by atoms with E-state index < -0.39 is 6.10 Å². The zero-order valence-electron chi connectivity index (χ0n) is 44.3. The topological polar surface area (TPSA) is 78.9 Å². The van der Waals surface area contributed by atoms with Crippen molar-refractivity contribution in [2.24, 2.45) is 0 Å². The zero-order valence-corrected chi connectivity index (χ0v) is 44.3.